The Hall–Kier alpha value is -1.17. The summed E-state index contributed by atoms with van der Waals surface area (Å²) in [6.07, 6.45) is 4.54. The summed E-state index contributed by atoms with van der Waals surface area (Å²) in [6, 6.07) is 5.96. The summed E-state index contributed by atoms with van der Waals surface area (Å²) in [6.45, 7) is 3.08. The highest BCUT2D eigenvalue weighted by Crippen LogP contribution is 2.21. The summed E-state index contributed by atoms with van der Waals surface area (Å²) in [5.74, 6) is -0.196. The van der Waals surface area contributed by atoms with Crippen molar-refractivity contribution in [1.82, 2.24) is 5.32 Å². The fourth-order valence-electron chi connectivity index (χ4n) is 2.32. The quantitative estimate of drug-likeness (QED) is 0.817. The number of carbonyl (C=O) groups is 1. The van der Waals surface area contributed by atoms with Crippen LogP contribution in [0.25, 0.3) is 6.08 Å². The maximum atomic E-state index is 12.1. The monoisotopic (exact) mass is 353 g/mol. The van der Waals surface area contributed by atoms with Crippen molar-refractivity contribution < 1.29 is 14.6 Å². The second-order valence-electron chi connectivity index (χ2n) is 5.40. The van der Waals surface area contributed by atoms with E-state index in [9.17, 15) is 9.90 Å². The van der Waals surface area contributed by atoms with Gasteiger partial charge in [0.2, 0.25) is 5.91 Å². The van der Waals surface area contributed by atoms with Gasteiger partial charge >= 0.3 is 0 Å². The fraction of sp³-hybridized carbons (Fsp3) is 0.438. The van der Waals surface area contributed by atoms with Crippen molar-refractivity contribution in [3.63, 3.8) is 0 Å². The van der Waals surface area contributed by atoms with Crippen LogP contribution in [0.15, 0.2) is 28.7 Å². The Labute approximate surface area is 133 Å². The van der Waals surface area contributed by atoms with Gasteiger partial charge in [-0.15, -0.1) is 0 Å². The molecule has 0 aliphatic carbocycles. The molecule has 2 rings (SSSR count). The predicted octanol–water partition coefficient (Wildman–Crippen LogP) is 2.43. The molecule has 0 spiro atoms. The van der Waals surface area contributed by atoms with Gasteiger partial charge in [0, 0.05) is 23.8 Å². The van der Waals surface area contributed by atoms with E-state index in [2.05, 4.69) is 21.2 Å². The minimum atomic E-state index is -0.551. The van der Waals surface area contributed by atoms with Crippen LogP contribution in [0.3, 0.4) is 0 Å². The number of hydrogen-bond acceptors (Lipinski definition) is 3. The van der Waals surface area contributed by atoms with Crippen molar-refractivity contribution in [2.75, 3.05) is 19.8 Å². The van der Waals surface area contributed by atoms with Crippen molar-refractivity contribution >= 4 is 27.9 Å². The molecule has 4 nitrogen and oxygen atoms in total. The molecular formula is C16H20BrNO3. The first-order valence-electron chi connectivity index (χ1n) is 7.00. The first kappa shape index (κ1) is 16.2. The average molecular weight is 354 g/mol. The number of halogens is 1. The summed E-state index contributed by atoms with van der Waals surface area (Å²) >= 11 is 3.48. The second kappa shape index (κ2) is 7.20. The molecule has 1 aliphatic heterocycles. The third-order valence-electron chi connectivity index (χ3n) is 3.71. The van der Waals surface area contributed by atoms with Gasteiger partial charge in [-0.25, -0.2) is 0 Å². The number of ether oxygens (including phenoxy) is 1. The van der Waals surface area contributed by atoms with Gasteiger partial charge < -0.3 is 15.2 Å². The summed E-state index contributed by atoms with van der Waals surface area (Å²) in [5.41, 5.74) is 1.55. The van der Waals surface area contributed by atoms with Crippen LogP contribution < -0.4 is 5.32 Å². The molecule has 0 bridgehead atoms. The van der Waals surface area contributed by atoms with Crippen LogP contribution in [-0.4, -0.2) is 36.4 Å². The number of rotatable bonds is 4. The molecule has 1 aromatic rings. The molecule has 21 heavy (non-hydrogen) atoms. The molecular weight excluding hydrogens is 334 g/mol. The summed E-state index contributed by atoms with van der Waals surface area (Å²) < 4.78 is 6.23. The zero-order valence-corrected chi connectivity index (χ0v) is 13.6. The zero-order valence-electron chi connectivity index (χ0n) is 12.1. The molecule has 114 valence electrons. The van der Waals surface area contributed by atoms with Crippen molar-refractivity contribution in [1.29, 1.82) is 0 Å². The Morgan fingerprint density at radius 2 is 2.19 bits per heavy atom. The third-order valence-corrected chi connectivity index (χ3v) is 4.40. The van der Waals surface area contributed by atoms with Crippen molar-refractivity contribution in [3.8, 4) is 0 Å². The third kappa shape index (κ3) is 4.40. The number of aryl methyl sites for hydroxylation is 1. The number of aliphatic hydroxyl groups excluding tert-OH is 1. The molecule has 0 aromatic heterocycles. The molecule has 1 aliphatic rings. The van der Waals surface area contributed by atoms with Gasteiger partial charge in [0.15, 0.2) is 0 Å². The molecule has 1 fully saturated rings. The summed E-state index contributed by atoms with van der Waals surface area (Å²) in [5, 5.41) is 12.5. The van der Waals surface area contributed by atoms with Crippen LogP contribution in [0.1, 0.15) is 24.0 Å². The minimum absolute atomic E-state index is 0.0653. The van der Waals surface area contributed by atoms with Gasteiger partial charge in [-0.1, -0.05) is 28.1 Å². The van der Waals surface area contributed by atoms with Gasteiger partial charge in [0.25, 0.3) is 0 Å². The number of carbonyl (C=O) groups excluding carboxylic acids is 1. The number of amides is 1. The van der Waals surface area contributed by atoms with E-state index >= 15 is 0 Å². The summed E-state index contributed by atoms with van der Waals surface area (Å²) in [7, 11) is 0. The normalized spacial score (nSPS) is 17.9. The van der Waals surface area contributed by atoms with E-state index in [1.165, 1.54) is 6.08 Å². The van der Waals surface area contributed by atoms with Gasteiger partial charge in [0.1, 0.15) is 0 Å². The molecule has 0 unspecified atom stereocenters. The highest BCUT2D eigenvalue weighted by Gasteiger charge is 2.32. The van der Waals surface area contributed by atoms with Crippen molar-refractivity contribution in [2.45, 2.75) is 25.3 Å². The van der Waals surface area contributed by atoms with Gasteiger partial charge in [0.05, 0.1) is 12.1 Å². The number of nitrogens with one attached hydrogen (secondary N) is 1. The molecule has 2 N–H and O–H groups in total. The molecule has 0 radical (unpaired) electrons. The number of benzene rings is 1. The molecule has 1 saturated heterocycles. The van der Waals surface area contributed by atoms with E-state index in [4.69, 9.17) is 4.74 Å². The van der Waals surface area contributed by atoms with E-state index in [0.717, 1.165) is 15.6 Å². The molecule has 0 saturated carbocycles. The average Bonchev–Trinajstić information content (AvgIpc) is 2.47. The van der Waals surface area contributed by atoms with Crippen LogP contribution in [-0.2, 0) is 9.53 Å². The highest BCUT2D eigenvalue weighted by molar-refractivity contribution is 9.10. The Bertz CT molecular complexity index is 536. The Morgan fingerprint density at radius 1 is 1.48 bits per heavy atom. The van der Waals surface area contributed by atoms with E-state index in [-0.39, 0.29) is 12.5 Å². The lowest BCUT2D eigenvalue weighted by molar-refractivity contribution is -0.120. The molecule has 5 heteroatoms. The Balaban J connectivity index is 2.01. The van der Waals surface area contributed by atoms with E-state index in [1.807, 2.05) is 25.1 Å². The molecule has 1 heterocycles. The predicted molar refractivity (Wildman–Crippen MR) is 85.9 cm³/mol. The fourth-order valence-corrected chi connectivity index (χ4v) is 2.95. The van der Waals surface area contributed by atoms with Crippen LogP contribution in [0, 0.1) is 6.92 Å². The van der Waals surface area contributed by atoms with Gasteiger partial charge in [-0.2, -0.15) is 0 Å². The maximum Gasteiger partial charge on any atom is 0.244 e. The standard InChI is InChI=1S/C16H20BrNO3/c1-12-2-3-13(14(17)10-12)4-5-15(20)18-16(11-19)6-8-21-9-7-16/h2-5,10,19H,6-9,11H2,1H3,(H,18,20)/b5-4+. The van der Waals surface area contributed by atoms with Crippen LogP contribution >= 0.6 is 15.9 Å². The number of aliphatic hydroxyl groups is 1. The van der Waals surface area contributed by atoms with E-state index < -0.39 is 5.54 Å². The maximum absolute atomic E-state index is 12.1. The van der Waals surface area contributed by atoms with Crippen molar-refractivity contribution in [3.05, 3.63) is 39.9 Å². The molecule has 0 atom stereocenters. The lowest BCUT2D eigenvalue weighted by Gasteiger charge is -2.35. The lowest BCUT2D eigenvalue weighted by Crippen LogP contribution is -2.54. The SMILES string of the molecule is Cc1ccc(/C=C/C(=O)NC2(CO)CCOCC2)c(Br)c1. The zero-order chi connectivity index (χ0) is 15.3. The molecule has 1 aromatic carbocycles. The van der Waals surface area contributed by atoms with Crippen LogP contribution in [0.4, 0.5) is 0 Å². The molecule has 1 amide bonds. The number of hydrogen-bond donors (Lipinski definition) is 2. The minimum Gasteiger partial charge on any atom is -0.394 e. The topological polar surface area (TPSA) is 58.6 Å². The highest BCUT2D eigenvalue weighted by atomic mass is 79.9. The lowest BCUT2D eigenvalue weighted by atomic mass is 9.91. The first-order chi connectivity index (χ1) is 10.0. The first-order valence-corrected chi connectivity index (χ1v) is 7.79. The van der Waals surface area contributed by atoms with Gasteiger partial charge in [-0.3, -0.25) is 4.79 Å². The Kier molecular flexibility index (Phi) is 5.56. The van der Waals surface area contributed by atoms with Crippen LogP contribution in [0.5, 0.6) is 0 Å². The van der Waals surface area contributed by atoms with E-state index in [1.54, 1.807) is 6.08 Å². The van der Waals surface area contributed by atoms with E-state index in [0.29, 0.717) is 26.1 Å². The van der Waals surface area contributed by atoms with Crippen molar-refractivity contribution in [2.24, 2.45) is 0 Å². The van der Waals surface area contributed by atoms with Gasteiger partial charge in [-0.05, 0) is 43.0 Å². The van der Waals surface area contributed by atoms with Crippen LogP contribution in [0.2, 0.25) is 0 Å². The summed E-state index contributed by atoms with van der Waals surface area (Å²) in [4.78, 5) is 12.1. The Morgan fingerprint density at radius 3 is 2.81 bits per heavy atom. The second-order valence-corrected chi connectivity index (χ2v) is 6.25. The largest absolute Gasteiger partial charge is 0.394 e. The smallest absolute Gasteiger partial charge is 0.244 e.